The molecule has 5 heteroatoms. The summed E-state index contributed by atoms with van der Waals surface area (Å²) in [7, 11) is 0. The highest BCUT2D eigenvalue weighted by atomic mass is 16.6. The summed E-state index contributed by atoms with van der Waals surface area (Å²) in [6.07, 6.45) is -0.254. The maximum atomic E-state index is 11.5. The Balaban J connectivity index is 2.79. The maximum Gasteiger partial charge on any atom is 0.412 e. The number of hydrogen-bond acceptors (Lipinski definition) is 4. The first-order valence-electron chi connectivity index (χ1n) is 5.86. The first kappa shape index (κ1) is 15.0. The summed E-state index contributed by atoms with van der Waals surface area (Å²) >= 11 is 0. The van der Waals surface area contributed by atoms with Crippen LogP contribution in [0, 0.1) is 0 Å². The predicted octanol–water partition coefficient (Wildman–Crippen LogP) is 2.96. The van der Waals surface area contributed by atoms with Crippen LogP contribution in [0.2, 0.25) is 0 Å². The molecule has 0 heterocycles. The summed E-state index contributed by atoms with van der Waals surface area (Å²) in [5.74, 6) is -0.124. The number of ether oxygens (including phenoxy) is 1. The molecule has 104 valence electrons. The number of phenolic OH excluding ortho intramolecular Hbond substituents is 1. The van der Waals surface area contributed by atoms with Crippen LogP contribution in [0.5, 0.6) is 5.75 Å². The number of aliphatic hydroxyl groups is 1. The molecule has 1 atom stereocenters. The average Bonchev–Trinajstić information content (AvgIpc) is 2.25. The summed E-state index contributed by atoms with van der Waals surface area (Å²) < 4.78 is 5.08. The zero-order valence-electron chi connectivity index (χ0n) is 11.3. The number of anilines is 1. The van der Waals surface area contributed by atoms with E-state index in [1.165, 1.54) is 18.2 Å². The summed E-state index contributed by atoms with van der Waals surface area (Å²) in [4.78, 5) is 11.5. The van der Waals surface area contributed by atoms with Crippen LogP contribution in [0.25, 0.3) is 0 Å². The van der Waals surface area contributed by atoms with Crippen molar-refractivity contribution in [3.05, 3.63) is 36.4 Å². The van der Waals surface area contributed by atoms with E-state index in [1.54, 1.807) is 26.8 Å². The minimum absolute atomic E-state index is 0.124. The van der Waals surface area contributed by atoms with Gasteiger partial charge in [-0.2, -0.15) is 0 Å². The molecule has 19 heavy (non-hydrogen) atoms. The molecule has 5 nitrogen and oxygen atoms in total. The molecule has 1 aromatic rings. The van der Waals surface area contributed by atoms with Crippen molar-refractivity contribution in [3.8, 4) is 5.75 Å². The van der Waals surface area contributed by atoms with Crippen molar-refractivity contribution in [2.45, 2.75) is 32.5 Å². The van der Waals surface area contributed by atoms with Crippen LogP contribution in [0.15, 0.2) is 30.9 Å². The van der Waals surface area contributed by atoms with Crippen molar-refractivity contribution in [2.24, 2.45) is 0 Å². The van der Waals surface area contributed by atoms with Crippen LogP contribution in [0.4, 0.5) is 10.5 Å². The van der Waals surface area contributed by atoms with Gasteiger partial charge in [0.25, 0.3) is 0 Å². The number of carbonyl (C=O) groups excluding carboxylic acids is 1. The van der Waals surface area contributed by atoms with Gasteiger partial charge in [0.15, 0.2) is 0 Å². The molecule has 0 aliphatic rings. The van der Waals surface area contributed by atoms with Gasteiger partial charge in [0, 0.05) is 17.3 Å². The molecule has 0 bridgehead atoms. The SMILES string of the molecule is C=CC(O)c1ccc(NC(=O)OC(C)(C)C)cc1O. The Labute approximate surface area is 112 Å². The minimum Gasteiger partial charge on any atom is -0.507 e. The molecule has 0 fully saturated rings. The molecule has 0 radical (unpaired) electrons. The predicted molar refractivity (Wildman–Crippen MR) is 73.1 cm³/mol. The van der Waals surface area contributed by atoms with E-state index in [9.17, 15) is 15.0 Å². The fraction of sp³-hybridized carbons (Fsp3) is 0.357. The second-order valence-electron chi connectivity index (χ2n) is 5.08. The molecule has 0 spiro atoms. The molecular formula is C14H19NO4. The van der Waals surface area contributed by atoms with E-state index in [-0.39, 0.29) is 5.75 Å². The highest BCUT2D eigenvalue weighted by molar-refractivity contribution is 5.85. The maximum absolute atomic E-state index is 11.5. The van der Waals surface area contributed by atoms with E-state index in [4.69, 9.17) is 4.74 Å². The molecule has 0 aliphatic heterocycles. The zero-order chi connectivity index (χ0) is 14.6. The lowest BCUT2D eigenvalue weighted by molar-refractivity contribution is 0.0636. The quantitative estimate of drug-likeness (QED) is 0.734. The van der Waals surface area contributed by atoms with E-state index in [0.717, 1.165) is 0 Å². The fourth-order valence-electron chi connectivity index (χ4n) is 1.42. The second kappa shape index (κ2) is 5.75. The molecule has 0 saturated heterocycles. The molecule has 1 unspecified atom stereocenters. The Morgan fingerprint density at radius 1 is 1.47 bits per heavy atom. The van der Waals surface area contributed by atoms with Gasteiger partial charge in [0.2, 0.25) is 0 Å². The van der Waals surface area contributed by atoms with Gasteiger partial charge in [0.1, 0.15) is 17.5 Å². The van der Waals surface area contributed by atoms with Crippen molar-refractivity contribution >= 4 is 11.8 Å². The first-order chi connectivity index (χ1) is 8.73. The Morgan fingerprint density at radius 2 is 2.11 bits per heavy atom. The lowest BCUT2D eigenvalue weighted by Gasteiger charge is -2.20. The number of nitrogens with one attached hydrogen (secondary N) is 1. The van der Waals surface area contributed by atoms with E-state index in [2.05, 4.69) is 11.9 Å². The largest absolute Gasteiger partial charge is 0.507 e. The molecule has 1 rings (SSSR count). The normalized spacial score (nSPS) is 12.6. The third-order valence-corrected chi connectivity index (χ3v) is 2.22. The van der Waals surface area contributed by atoms with Crippen LogP contribution < -0.4 is 5.32 Å². The molecule has 0 aromatic heterocycles. The van der Waals surface area contributed by atoms with Crippen LogP contribution in [0.3, 0.4) is 0 Å². The van der Waals surface area contributed by atoms with Gasteiger partial charge in [-0.3, -0.25) is 5.32 Å². The number of amides is 1. The molecular weight excluding hydrogens is 246 g/mol. The van der Waals surface area contributed by atoms with E-state index >= 15 is 0 Å². The highest BCUT2D eigenvalue weighted by Crippen LogP contribution is 2.28. The Hall–Kier alpha value is -2.01. The zero-order valence-corrected chi connectivity index (χ0v) is 11.3. The van der Waals surface area contributed by atoms with Gasteiger partial charge >= 0.3 is 6.09 Å². The van der Waals surface area contributed by atoms with Gasteiger partial charge in [-0.05, 0) is 26.8 Å². The fourth-order valence-corrected chi connectivity index (χ4v) is 1.42. The van der Waals surface area contributed by atoms with Gasteiger partial charge < -0.3 is 14.9 Å². The second-order valence-corrected chi connectivity index (χ2v) is 5.08. The summed E-state index contributed by atoms with van der Waals surface area (Å²) in [5, 5.41) is 21.8. The van der Waals surface area contributed by atoms with Gasteiger partial charge in [-0.25, -0.2) is 4.79 Å². The van der Waals surface area contributed by atoms with Gasteiger partial charge in [-0.15, -0.1) is 6.58 Å². The number of rotatable bonds is 3. The van der Waals surface area contributed by atoms with Gasteiger partial charge in [-0.1, -0.05) is 12.1 Å². The smallest absolute Gasteiger partial charge is 0.412 e. The number of aromatic hydroxyl groups is 1. The topological polar surface area (TPSA) is 78.8 Å². The van der Waals surface area contributed by atoms with Crippen molar-refractivity contribution in [3.63, 3.8) is 0 Å². The Kier molecular flexibility index (Phi) is 4.56. The van der Waals surface area contributed by atoms with Crippen LogP contribution in [-0.2, 0) is 4.74 Å². The molecule has 3 N–H and O–H groups in total. The monoisotopic (exact) mass is 265 g/mol. The molecule has 0 aliphatic carbocycles. The van der Waals surface area contributed by atoms with Crippen molar-refractivity contribution in [2.75, 3.05) is 5.32 Å². The van der Waals surface area contributed by atoms with Crippen molar-refractivity contribution < 1.29 is 19.7 Å². The molecule has 1 aromatic carbocycles. The molecule has 0 saturated carbocycles. The van der Waals surface area contributed by atoms with E-state index in [0.29, 0.717) is 11.3 Å². The summed E-state index contributed by atoms with van der Waals surface area (Å²) in [5.41, 5.74) is 0.113. The van der Waals surface area contributed by atoms with Crippen molar-refractivity contribution in [1.29, 1.82) is 0 Å². The first-order valence-corrected chi connectivity index (χ1v) is 5.86. The van der Waals surface area contributed by atoms with Crippen LogP contribution >= 0.6 is 0 Å². The number of benzene rings is 1. The third kappa shape index (κ3) is 4.63. The minimum atomic E-state index is -0.949. The Bertz CT molecular complexity index is 477. The number of phenols is 1. The van der Waals surface area contributed by atoms with E-state index < -0.39 is 17.8 Å². The lowest BCUT2D eigenvalue weighted by Crippen LogP contribution is -2.27. The third-order valence-electron chi connectivity index (χ3n) is 2.22. The number of aliphatic hydroxyl groups excluding tert-OH is 1. The molecule has 1 amide bonds. The van der Waals surface area contributed by atoms with E-state index in [1.807, 2.05) is 0 Å². The Morgan fingerprint density at radius 3 is 2.58 bits per heavy atom. The van der Waals surface area contributed by atoms with Crippen LogP contribution in [0.1, 0.15) is 32.4 Å². The van der Waals surface area contributed by atoms with Crippen molar-refractivity contribution in [1.82, 2.24) is 0 Å². The lowest BCUT2D eigenvalue weighted by atomic mass is 10.1. The van der Waals surface area contributed by atoms with Gasteiger partial charge in [0.05, 0.1) is 0 Å². The summed E-state index contributed by atoms with van der Waals surface area (Å²) in [6.45, 7) is 8.71. The average molecular weight is 265 g/mol. The number of carbonyl (C=O) groups is 1. The summed E-state index contributed by atoms with van der Waals surface area (Å²) in [6, 6.07) is 4.41. The van der Waals surface area contributed by atoms with Crippen LogP contribution in [-0.4, -0.2) is 21.9 Å². The highest BCUT2D eigenvalue weighted by Gasteiger charge is 2.17. The number of hydrogen-bond donors (Lipinski definition) is 3. The standard InChI is InChI=1S/C14H19NO4/c1-5-11(16)10-7-6-9(8-12(10)17)15-13(18)19-14(2,3)4/h5-8,11,16-17H,1H2,2-4H3,(H,15,18).